The van der Waals surface area contributed by atoms with Crippen LogP contribution in [0, 0.1) is 0 Å². The van der Waals surface area contributed by atoms with Crippen molar-refractivity contribution in [2.24, 2.45) is 0 Å². The van der Waals surface area contributed by atoms with Gasteiger partial charge in [0.05, 0.1) is 28.6 Å². The molecule has 0 saturated heterocycles. The Labute approximate surface area is 99.3 Å². The quantitative estimate of drug-likeness (QED) is 0.803. The molecule has 0 aliphatic heterocycles. The number of hydrogen-bond acceptors (Lipinski definition) is 5. The molecule has 0 aliphatic carbocycles. The second-order valence-corrected chi connectivity index (χ2v) is 4.71. The van der Waals surface area contributed by atoms with E-state index in [1.165, 1.54) is 18.4 Å². The van der Waals surface area contributed by atoms with Crippen molar-refractivity contribution in [2.45, 2.75) is 6.92 Å². The molecule has 0 spiro atoms. The maximum atomic E-state index is 11.5. The zero-order valence-electron chi connectivity index (χ0n) is 8.20. The van der Waals surface area contributed by atoms with Crippen molar-refractivity contribution in [1.82, 2.24) is 0 Å². The van der Waals surface area contributed by atoms with Crippen LogP contribution in [0.15, 0.2) is 9.17 Å². The molecule has 0 unspecified atom stereocenters. The van der Waals surface area contributed by atoms with Crippen molar-refractivity contribution >= 4 is 39.2 Å². The second-order valence-electron chi connectivity index (χ2n) is 2.51. The Bertz CT molecular complexity index is 385. The van der Waals surface area contributed by atoms with Gasteiger partial charge in [-0.05, 0) is 22.9 Å². The average Bonchev–Trinajstić information content (AvgIpc) is 2.59. The van der Waals surface area contributed by atoms with Crippen LogP contribution < -0.4 is 0 Å². The number of ether oxygens (including phenoxy) is 2. The topological polar surface area (TPSA) is 52.6 Å². The van der Waals surface area contributed by atoms with E-state index in [1.807, 2.05) is 0 Å². The molecule has 0 atom stereocenters. The van der Waals surface area contributed by atoms with E-state index in [0.717, 1.165) is 0 Å². The molecule has 0 aliphatic rings. The molecule has 0 bridgehead atoms. The van der Waals surface area contributed by atoms with E-state index < -0.39 is 11.9 Å². The van der Waals surface area contributed by atoms with Gasteiger partial charge in [-0.15, -0.1) is 11.3 Å². The average molecular weight is 293 g/mol. The summed E-state index contributed by atoms with van der Waals surface area (Å²) in [7, 11) is 1.27. The third kappa shape index (κ3) is 2.57. The molecular weight excluding hydrogens is 284 g/mol. The molecule has 6 heteroatoms. The lowest BCUT2D eigenvalue weighted by molar-refractivity contribution is 0.0504. The maximum absolute atomic E-state index is 11.5. The fraction of sp³-hybridized carbons (Fsp3) is 0.333. The van der Waals surface area contributed by atoms with Gasteiger partial charge in [0.2, 0.25) is 0 Å². The van der Waals surface area contributed by atoms with Gasteiger partial charge in [-0.3, -0.25) is 0 Å². The zero-order valence-corrected chi connectivity index (χ0v) is 10.6. The summed E-state index contributed by atoms with van der Waals surface area (Å²) in [5, 5.41) is 1.56. The normalized spacial score (nSPS) is 9.80. The molecule has 0 N–H and O–H groups in total. The third-order valence-corrected chi connectivity index (χ3v) is 3.35. The highest BCUT2D eigenvalue weighted by molar-refractivity contribution is 9.11. The van der Waals surface area contributed by atoms with Gasteiger partial charge < -0.3 is 9.47 Å². The van der Waals surface area contributed by atoms with Crippen LogP contribution in [0.4, 0.5) is 0 Å². The van der Waals surface area contributed by atoms with Crippen LogP contribution >= 0.6 is 27.3 Å². The van der Waals surface area contributed by atoms with E-state index >= 15 is 0 Å². The molecule has 0 aromatic carbocycles. The number of rotatable bonds is 3. The van der Waals surface area contributed by atoms with E-state index in [4.69, 9.17) is 4.74 Å². The standard InChI is InChI=1S/C9H9BrO4S/c1-3-14-9(12)6-5(8(11)13-2)4-15-7(6)10/h4H,3H2,1-2H3. The first-order valence-corrected chi connectivity index (χ1v) is 5.81. The number of hydrogen-bond donors (Lipinski definition) is 0. The number of carbonyl (C=O) groups excluding carboxylic acids is 2. The number of halogens is 1. The molecule has 0 radical (unpaired) electrons. The van der Waals surface area contributed by atoms with Crippen molar-refractivity contribution in [2.75, 3.05) is 13.7 Å². The van der Waals surface area contributed by atoms with E-state index in [1.54, 1.807) is 12.3 Å². The smallest absolute Gasteiger partial charge is 0.341 e. The molecular formula is C9H9BrO4S. The Hall–Kier alpha value is -0.880. The van der Waals surface area contributed by atoms with Crippen molar-refractivity contribution in [1.29, 1.82) is 0 Å². The van der Waals surface area contributed by atoms with Crippen LogP contribution in [-0.2, 0) is 9.47 Å². The predicted octanol–water partition coefficient (Wildman–Crippen LogP) is 2.47. The Morgan fingerprint density at radius 1 is 1.47 bits per heavy atom. The molecule has 0 amide bonds. The van der Waals surface area contributed by atoms with Gasteiger partial charge in [0.1, 0.15) is 0 Å². The van der Waals surface area contributed by atoms with Gasteiger partial charge in [0, 0.05) is 5.38 Å². The number of methoxy groups -OCH3 is 1. The van der Waals surface area contributed by atoms with Crippen LogP contribution in [0.3, 0.4) is 0 Å². The number of esters is 2. The minimum atomic E-state index is -0.542. The molecule has 1 aromatic rings. The summed E-state index contributed by atoms with van der Waals surface area (Å²) < 4.78 is 9.96. The molecule has 4 nitrogen and oxygen atoms in total. The van der Waals surface area contributed by atoms with Crippen LogP contribution in [0.25, 0.3) is 0 Å². The van der Waals surface area contributed by atoms with E-state index in [2.05, 4.69) is 20.7 Å². The highest BCUT2D eigenvalue weighted by Crippen LogP contribution is 2.29. The van der Waals surface area contributed by atoms with E-state index in [-0.39, 0.29) is 17.7 Å². The zero-order chi connectivity index (χ0) is 11.4. The van der Waals surface area contributed by atoms with Gasteiger partial charge in [-0.25, -0.2) is 9.59 Å². The molecule has 1 aromatic heterocycles. The molecule has 1 heterocycles. The van der Waals surface area contributed by atoms with Crippen LogP contribution in [0.1, 0.15) is 27.6 Å². The lowest BCUT2D eigenvalue weighted by atomic mass is 10.2. The summed E-state index contributed by atoms with van der Waals surface area (Å²) in [4.78, 5) is 22.8. The minimum absolute atomic E-state index is 0.229. The van der Waals surface area contributed by atoms with Gasteiger partial charge in [-0.1, -0.05) is 0 Å². The molecule has 0 fully saturated rings. The first-order valence-electron chi connectivity index (χ1n) is 4.14. The Kier molecular flexibility index (Phi) is 4.28. The lowest BCUT2D eigenvalue weighted by Gasteiger charge is -2.02. The Morgan fingerprint density at radius 3 is 2.67 bits per heavy atom. The predicted molar refractivity (Wildman–Crippen MR) is 59.3 cm³/mol. The van der Waals surface area contributed by atoms with Crippen molar-refractivity contribution in [3.05, 3.63) is 20.3 Å². The van der Waals surface area contributed by atoms with Crippen LogP contribution in [0.5, 0.6) is 0 Å². The molecule has 1 rings (SSSR count). The summed E-state index contributed by atoms with van der Waals surface area (Å²) in [6.07, 6.45) is 0. The van der Waals surface area contributed by atoms with Crippen molar-refractivity contribution < 1.29 is 19.1 Å². The van der Waals surface area contributed by atoms with E-state index in [0.29, 0.717) is 3.79 Å². The van der Waals surface area contributed by atoms with Gasteiger partial charge >= 0.3 is 11.9 Å². The molecule has 0 saturated carbocycles. The van der Waals surface area contributed by atoms with Crippen molar-refractivity contribution in [3.63, 3.8) is 0 Å². The lowest BCUT2D eigenvalue weighted by Crippen LogP contribution is -2.11. The Morgan fingerprint density at radius 2 is 2.13 bits per heavy atom. The first-order chi connectivity index (χ1) is 7.11. The summed E-state index contributed by atoms with van der Waals surface area (Å²) in [5.41, 5.74) is 0.460. The SMILES string of the molecule is CCOC(=O)c1c(C(=O)OC)csc1Br. The fourth-order valence-corrected chi connectivity index (χ4v) is 2.39. The monoisotopic (exact) mass is 292 g/mol. The first kappa shape index (κ1) is 12.2. The number of carbonyl (C=O) groups is 2. The largest absolute Gasteiger partial charge is 0.465 e. The van der Waals surface area contributed by atoms with Gasteiger partial charge in [0.15, 0.2) is 0 Å². The third-order valence-electron chi connectivity index (χ3n) is 1.63. The highest BCUT2D eigenvalue weighted by Gasteiger charge is 2.23. The summed E-state index contributed by atoms with van der Waals surface area (Å²) >= 11 is 4.44. The fourth-order valence-electron chi connectivity index (χ4n) is 0.988. The molecule has 15 heavy (non-hydrogen) atoms. The maximum Gasteiger partial charge on any atom is 0.341 e. The summed E-state index contributed by atoms with van der Waals surface area (Å²) in [6, 6.07) is 0. The van der Waals surface area contributed by atoms with Crippen LogP contribution in [0.2, 0.25) is 0 Å². The van der Waals surface area contributed by atoms with E-state index in [9.17, 15) is 9.59 Å². The summed E-state index contributed by atoms with van der Waals surface area (Å²) in [5.74, 6) is -1.06. The second kappa shape index (κ2) is 5.27. The van der Waals surface area contributed by atoms with Gasteiger partial charge in [-0.2, -0.15) is 0 Å². The van der Waals surface area contributed by atoms with Gasteiger partial charge in [0.25, 0.3) is 0 Å². The van der Waals surface area contributed by atoms with Crippen LogP contribution in [-0.4, -0.2) is 25.7 Å². The summed E-state index contributed by atoms with van der Waals surface area (Å²) in [6.45, 7) is 1.97. The highest BCUT2D eigenvalue weighted by atomic mass is 79.9. The molecule has 82 valence electrons. The number of thiophene rings is 1. The Balaban J connectivity index is 3.09. The van der Waals surface area contributed by atoms with Crippen molar-refractivity contribution in [3.8, 4) is 0 Å². The minimum Gasteiger partial charge on any atom is -0.465 e.